The van der Waals surface area contributed by atoms with E-state index in [0.717, 1.165) is 38.2 Å². The summed E-state index contributed by atoms with van der Waals surface area (Å²) in [5, 5.41) is 3.67. The number of rotatable bonds is 10. The highest BCUT2D eigenvalue weighted by Gasteiger charge is 2.22. The van der Waals surface area contributed by atoms with Gasteiger partial charge in [0.2, 0.25) is 0 Å². The first-order chi connectivity index (χ1) is 14.5. The molecule has 30 heavy (non-hydrogen) atoms. The van der Waals surface area contributed by atoms with Crippen LogP contribution in [0.4, 0.5) is 0 Å². The molecule has 2 aromatic rings. The Bertz CT molecular complexity index is 811. The monoisotopic (exact) mass is 411 g/mol. The molecule has 1 atom stereocenters. The molecule has 0 bridgehead atoms. The van der Waals surface area contributed by atoms with E-state index in [0.29, 0.717) is 24.1 Å². The van der Waals surface area contributed by atoms with E-state index < -0.39 is 0 Å². The summed E-state index contributed by atoms with van der Waals surface area (Å²) >= 11 is 0. The lowest BCUT2D eigenvalue weighted by Crippen LogP contribution is -2.32. The van der Waals surface area contributed by atoms with Crippen molar-refractivity contribution in [1.29, 1.82) is 0 Å². The lowest BCUT2D eigenvalue weighted by Gasteiger charge is -2.18. The minimum atomic E-state index is -0.0792. The van der Waals surface area contributed by atoms with E-state index in [9.17, 15) is 4.79 Å². The standard InChI is InChI=1S/C24H33N3O3/c1-4-29-23-14-20(10-11-22(23)30-18-24(28)26(2)3)15-25-21-12-13-27(17-21)16-19-8-6-5-7-9-19/h5-11,14,21,25H,4,12-13,15-18H2,1-3H3/t21-/m1/s1. The molecule has 1 heterocycles. The Hall–Kier alpha value is -2.57. The van der Waals surface area contributed by atoms with Gasteiger partial charge in [0.15, 0.2) is 18.1 Å². The maximum absolute atomic E-state index is 11.8. The van der Waals surface area contributed by atoms with Crippen molar-refractivity contribution in [2.45, 2.75) is 32.5 Å². The largest absolute Gasteiger partial charge is 0.490 e. The maximum Gasteiger partial charge on any atom is 0.259 e. The number of likely N-dealkylation sites (tertiary alicyclic amines) is 1. The Morgan fingerprint density at radius 1 is 1.10 bits per heavy atom. The van der Waals surface area contributed by atoms with Gasteiger partial charge in [-0.1, -0.05) is 36.4 Å². The number of amides is 1. The third kappa shape index (κ3) is 6.47. The molecule has 1 aliphatic rings. The molecule has 0 saturated carbocycles. The average Bonchev–Trinajstić information content (AvgIpc) is 3.19. The highest BCUT2D eigenvalue weighted by atomic mass is 16.5. The van der Waals surface area contributed by atoms with Crippen molar-refractivity contribution in [1.82, 2.24) is 15.1 Å². The Labute approximate surface area is 179 Å². The molecular weight excluding hydrogens is 378 g/mol. The number of ether oxygens (including phenoxy) is 2. The summed E-state index contributed by atoms with van der Waals surface area (Å²) in [6, 6.07) is 17.0. The van der Waals surface area contributed by atoms with E-state index in [-0.39, 0.29) is 12.5 Å². The van der Waals surface area contributed by atoms with Crippen LogP contribution in [0.15, 0.2) is 48.5 Å². The van der Waals surface area contributed by atoms with Gasteiger partial charge in [-0.2, -0.15) is 0 Å². The molecule has 6 nitrogen and oxygen atoms in total. The van der Waals surface area contributed by atoms with Crippen LogP contribution in [0.2, 0.25) is 0 Å². The van der Waals surface area contributed by atoms with Crippen LogP contribution in [0, 0.1) is 0 Å². The van der Waals surface area contributed by atoms with Gasteiger partial charge in [-0.05, 0) is 36.6 Å². The van der Waals surface area contributed by atoms with E-state index in [1.54, 1.807) is 14.1 Å². The van der Waals surface area contributed by atoms with E-state index in [1.807, 2.05) is 25.1 Å². The minimum Gasteiger partial charge on any atom is -0.490 e. The van der Waals surface area contributed by atoms with E-state index in [1.165, 1.54) is 10.5 Å². The maximum atomic E-state index is 11.8. The molecule has 1 saturated heterocycles. The van der Waals surface area contributed by atoms with Crippen molar-refractivity contribution in [3.05, 3.63) is 59.7 Å². The van der Waals surface area contributed by atoms with E-state index in [4.69, 9.17) is 9.47 Å². The predicted octanol–water partition coefficient (Wildman–Crippen LogP) is 2.92. The quantitative estimate of drug-likeness (QED) is 0.652. The van der Waals surface area contributed by atoms with Crippen LogP contribution in [0.3, 0.4) is 0 Å². The molecule has 0 unspecified atom stereocenters. The van der Waals surface area contributed by atoms with Crippen LogP contribution >= 0.6 is 0 Å². The van der Waals surface area contributed by atoms with Gasteiger partial charge in [0, 0.05) is 46.3 Å². The van der Waals surface area contributed by atoms with Gasteiger partial charge in [0.05, 0.1) is 6.61 Å². The molecule has 3 rings (SSSR count). The first-order valence-corrected chi connectivity index (χ1v) is 10.6. The lowest BCUT2D eigenvalue weighted by atomic mass is 10.1. The van der Waals surface area contributed by atoms with Gasteiger partial charge >= 0.3 is 0 Å². The molecule has 1 N–H and O–H groups in total. The smallest absolute Gasteiger partial charge is 0.259 e. The SMILES string of the molecule is CCOc1cc(CN[C@@H]2CCN(Cc3ccccc3)C2)ccc1OCC(=O)N(C)C. The van der Waals surface area contributed by atoms with Crippen molar-refractivity contribution >= 4 is 5.91 Å². The normalized spacial score (nSPS) is 16.4. The second kappa shape index (κ2) is 11.0. The first-order valence-electron chi connectivity index (χ1n) is 10.6. The number of nitrogens with zero attached hydrogens (tertiary/aromatic N) is 2. The number of nitrogens with one attached hydrogen (secondary N) is 1. The van der Waals surface area contributed by atoms with Gasteiger partial charge in [0.1, 0.15) is 0 Å². The Morgan fingerprint density at radius 2 is 1.90 bits per heavy atom. The van der Waals surface area contributed by atoms with Gasteiger partial charge in [-0.15, -0.1) is 0 Å². The van der Waals surface area contributed by atoms with Gasteiger partial charge in [-0.3, -0.25) is 9.69 Å². The molecule has 162 valence electrons. The molecule has 1 fully saturated rings. The summed E-state index contributed by atoms with van der Waals surface area (Å²) in [6.45, 7) is 6.45. The topological polar surface area (TPSA) is 54.0 Å². The number of likely N-dealkylation sites (N-methyl/N-ethyl adjacent to an activating group) is 1. The van der Waals surface area contributed by atoms with Crippen molar-refractivity contribution < 1.29 is 14.3 Å². The van der Waals surface area contributed by atoms with Crippen LogP contribution in [0.25, 0.3) is 0 Å². The fourth-order valence-electron chi connectivity index (χ4n) is 3.57. The zero-order chi connectivity index (χ0) is 21.3. The Kier molecular flexibility index (Phi) is 8.11. The fraction of sp³-hybridized carbons (Fsp3) is 0.458. The molecule has 2 aromatic carbocycles. The minimum absolute atomic E-state index is 0.00396. The second-order valence-corrected chi connectivity index (χ2v) is 7.88. The Morgan fingerprint density at radius 3 is 2.63 bits per heavy atom. The highest BCUT2D eigenvalue weighted by molar-refractivity contribution is 5.77. The van der Waals surface area contributed by atoms with Crippen molar-refractivity contribution in [2.24, 2.45) is 0 Å². The number of hydrogen-bond donors (Lipinski definition) is 1. The summed E-state index contributed by atoms with van der Waals surface area (Å²) in [4.78, 5) is 15.8. The fourth-order valence-corrected chi connectivity index (χ4v) is 3.57. The van der Waals surface area contributed by atoms with Crippen molar-refractivity contribution in [2.75, 3.05) is 40.4 Å². The number of carbonyl (C=O) groups is 1. The summed E-state index contributed by atoms with van der Waals surface area (Å²) in [5.41, 5.74) is 2.51. The molecule has 0 aliphatic carbocycles. The average molecular weight is 412 g/mol. The van der Waals surface area contributed by atoms with Crippen molar-refractivity contribution in [3.63, 3.8) is 0 Å². The molecule has 1 amide bonds. The summed E-state index contributed by atoms with van der Waals surface area (Å²) in [5.74, 6) is 1.20. The number of carbonyl (C=O) groups excluding carboxylic acids is 1. The molecule has 1 aliphatic heterocycles. The number of benzene rings is 2. The van der Waals surface area contributed by atoms with Crippen LogP contribution in [0.1, 0.15) is 24.5 Å². The first kappa shape index (κ1) is 22.1. The van der Waals surface area contributed by atoms with Crippen LogP contribution in [-0.4, -0.2) is 62.1 Å². The molecule has 0 spiro atoms. The third-order valence-corrected chi connectivity index (χ3v) is 5.27. The zero-order valence-corrected chi connectivity index (χ0v) is 18.3. The molecular formula is C24H33N3O3. The number of hydrogen-bond acceptors (Lipinski definition) is 5. The van der Waals surface area contributed by atoms with Gasteiger partial charge in [0.25, 0.3) is 5.91 Å². The van der Waals surface area contributed by atoms with Gasteiger partial charge in [-0.25, -0.2) is 0 Å². The van der Waals surface area contributed by atoms with Gasteiger partial charge < -0.3 is 19.7 Å². The highest BCUT2D eigenvalue weighted by Crippen LogP contribution is 2.28. The summed E-state index contributed by atoms with van der Waals surface area (Å²) in [7, 11) is 3.43. The zero-order valence-electron chi connectivity index (χ0n) is 18.3. The van der Waals surface area contributed by atoms with E-state index in [2.05, 4.69) is 40.5 Å². The lowest BCUT2D eigenvalue weighted by molar-refractivity contribution is -0.130. The molecule has 0 radical (unpaired) electrons. The Balaban J connectivity index is 1.51. The second-order valence-electron chi connectivity index (χ2n) is 7.88. The third-order valence-electron chi connectivity index (χ3n) is 5.27. The summed E-state index contributed by atoms with van der Waals surface area (Å²) in [6.07, 6.45) is 1.15. The summed E-state index contributed by atoms with van der Waals surface area (Å²) < 4.78 is 11.4. The van der Waals surface area contributed by atoms with Crippen LogP contribution in [0.5, 0.6) is 11.5 Å². The van der Waals surface area contributed by atoms with Crippen LogP contribution in [-0.2, 0) is 17.9 Å². The molecule has 6 heteroatoms. The predicted molar refractivity (Wildman–Crippen MR) is 119 cm³/mol. The van der Waals surface area contributed by atoms with Crippen molar-refractivity contribution in [3.8, 4) is 11.5 Å². The molecule has 0 aromatic heterocycles. The van der Waals surface area contributed by atoms with Crippen LogP contribution < -0.4 is 14.8 Å². The van der Waals surface area contributed by atoms with E-state index >= 15 is 0 Å².